The van der Waals surface area contributed by atoms with E-state index in [1.54, 1.807) is 6.92 Å². The zero-order valence-electron chi connectivity index (χ0n) is 13.9. The van der Waals surface area contributed by atoms with E-state index in [1.807, 2.05) is 4.90 Å². The highest BCUT2D eigenvalue weighted by Crippen LogP contribution is 2.32. The second-order valence-electron chi connectivity index (χ2n) is 5.91. The maximum absolute atomic E-state index is 13.7. The number of halogens is 3. The van der Waals surface area contributed by atoms with E-state index in [4.69, 9.17) is 11.6 Å². The molecule has 0 bridgehead atoms. The minimum atomic E-state index is -0.987. The molecule has 2 aromatic rings. The van der Waals surface area contributed by atoms with Gasteiger partial charge in [-0.25, -0.2) is 18.7 Å². The van der Waals surface area contributed by atoms with Gasteiger partial charge in [0.15, 0.2) is 11.6 Å². The monoisotopic (exact) mass is 380 g/mol. The minimum Gasteiger partial charge on any atom is -0.371 e. The summed E-state index contributed by atoms with van der Waals surface area (Å²) in [4.78, 5) is 20.6. The molecule has 6 nitrogen and oxygen atoms in total. The van der Waals surface area contributed by atoms with Crippen molar-refractivity contribution >= 4 is 29.1 Å². The average Bonchev–Trinajstić information content (AvgIpc) is 3.08. The van der Waals surface area contributed by atoms with Crippen molar-refractivity contribution in [3.63, 3.8) is 0 Å². The molecule has 9 heteroatoms. The number of hydrogen-bond acceptors (Lipinski definition) is 5. The quantitative estimate of drug-likeness (QED) is 0.451. The number of nitro groups is 1. The lowest BCUT2D eigenvalue weighted by Gasteiger charge is -2.22. The molecule has 0 spiro atoms. The molecule has 0 aliphatic carbocycles. The molecule has 0 amide bonds. The van der Waals surface area contributed by atoms with Crippen molar-refractivity contribution in [1.82, 2.24) is 14.9 Å². The van der Waals surface area contributed by atoms with Crippen LogP contribution in [0.15, 0.2) is 18.2 Å². The van der Waals surface area contributed by atoms with E-state index in [-0.39, 0.29) is 16.7 Å². The van der Waals surface area contributed by atoms with Gasteiger partial charge in [-0.3, -0.25) is 10.1 Å². The fraction of sp³-hybridized carbons (Fsp3) is 0.294. The summed E-state index contributed by atoms with van der Waals surface area (Å²) in [5, 5.41) is 11.1. The molecule has 26 heavy (non-hydrogen) atoms. The molecule has 0 N–H and O–H groups in total. The van der Waals surface area contributed by atoms with Crippen LogP contribution in [0, 0.1) is 28.7 Å². The third-order valence-corrected chi connectivity index (χ3v) is 4.36. The Hall–Kier alpha value is -2.61. The van der Waals surface area contributed by atoms with Gasteiger partial charge in [0.05, 0.1) is 4.92 Å². The molecule has 0 unspecified atom stereocenters. The first kappa shape index (κ1) is 18.2. The number of hydrogen-bond donors (Lipinski definition) is 0. The van der Waals surface area contributed by atoms with Crippen molar-refractivity contribution in [3.8, 4) is 0 Å². The first-order valence-corrected chi connectivity index (χ1v) is 8.35. The van der Waals surface area contributed by atoms with E-state index in [1.165, 1.54) is 12.1 Å². The second-order valence-corrected chi connectivity index (χ2v) is 6.26. The Morgan fingerprint density at radius 2 is 1.96 bits per heavy atom. The van der Waals surface area contributed by atoms with Gasteiger partial charge in [-0.2, -0.15) is 0 Å². The van der Waals surface area contributed by atoms with Gasteiger partial charge >= 0.3 is 5.69 Å². The zero-order valence-corrected chi connectivity index (χ0v) is 14.6. The Morgan fingerprint density at radius 3 is 2.58 bits per heavy atom. The van der Waals surface area contributed by atoms with Crippen LogP contribution in [0.3, 0.4) is 0 Å². The summed E-state index contributed by atoms with van der Waals surface area (Å²) in [5.74, 6) is -1.67. The maximum atomic E-state index is 13.7. The number of rotatable bonds is 4. The van der Waals surface area contributed by atoms with Crippen LogP contribution in [-0.2, 0) is 0 Å². The first-order chi connectivity index (χ1) is 12.4. The Bertz CT molecular complexity index is 899. The van der Waals surface area contributed by atoms with Gasteiger partial charge in [-0.15, -0.1) is 0 Å². The van der Waals surface area contributed by atoms with Crippen molar-refractivity contribution < 1.29 is 13.7 Å². The van der Waals surface area contributed by atoms with Gasteiger partial charge in [0, 0.05) is 24.4 Å². The van der Waals surface area contributed by atoms with Crippen LogP contribution in [0.5, 0.6) is 0 Å². The van der Waals surface area contributed by atoms with Gasteiger partial charge in [0.25, 0.3) is 0 Å². The smallest absolute Gasteiger partial charge is 0.331 e. The number of benzene rings is 1. The van der Waals surface area contributed by atoms with Crippen molar-refractivity contribution in [2.24, 2.45) is 0 Å². The molecule has 3 rings (SSSR count). The standard InChI is InChI=1S/C17H15ClF2N4O2/c1-10-21-14(16(24(25)26)17(18)22-10)9-15(23-6-2-3-7-23)11-4-5-12(19)13(20)8-11/h4-5,8-9H,2-3,6-7H2,1H3/b15-9-. The molecule has 2 heterocycles. The summed E-state index contributed by atoms with van der Waals surface area (Å²) < 4.78 is 27.0. The normalized spacial score (nSPS) is 14.8. The molecule has 1 aromatic heterocycles. The molecule has 1 saturated heterocycles. The first-order valence-electron chi connectivity index (χ1n) is 7.97. The highest BCUT2D eigenvalue weighted by Gasteiger charge is 2.24. The third-order valence-electron chi connectivity index (χ3n) is 4.10. The van der Waals surface area contributed by atoms with Crippen LogP contribution in [0.1, 0.15) is 29.9 Å². The highest BCUT2D eigenvalue weighted by molar-refractivity contribution is 6.31. The van der Waals surface area contributed by atoms with E-state index in [2.05, 4.69) is 9.97 Å². The maximum Gasteiger partial charge on any atom is 0.331 e. The predicted octanol–water partition coefficient (Wildman–Crippen LogP) is 4.22. The Morgan fingerprint density at radius 1 is 1.27 bits per heavy atom. The minimum absolute atomic E-state index is 0.0270. The molecule has 0 radical (unpaired) electrons. The molecule has 1 fully saturated rings. The van der Waals surface area contributed by atoms with Crippen LogP contribution in [0.25, 0.3) is 11.8 Å². The fourth-order valence-electron chi connectivity index (χ4n) is 2.92. The number of aryl methyl sites for hydroxylation is 1. The fourth-order valence-corrected chi connectivity index (χ4v) is 3.21. The van der Waals surface area contributed by atoms with Crippen LogP contribution >= 0.6 is 11.6 Å². The molecular weight excluding hydrogens is 366 g/mol. The van der Waals surface area contributed by atoms with Gasteiger partial charge in [0.2, 0.25) is 5.15 Å². The molecule has 136 valence electrons. The van der Waals surface area contributed by atoms with Gasteiger partial charge < -0.3 is 4.90 Å². The van der Waals surface area contributed by atoms with Crippen molar-refractivity contribution in [3.05, 3.63) is 62.2 Å². The SMILES string of the molecule is Cc1nc(Cl)c([N+](=O)[O-])c(/C=C(/c2ccc(F)c(F)c2)N2CCCC2)n1. The van der Waals surface area contributed by atoms with Gasteiger partial charge in [0.1, 0.15) is 11.5 Å². The zero-order chi connectivity index (χ0) is 18.8. The molecule has 0 saturated carbocycles. The van der Waals surface area contributed by atoms with Gasteiger partial charge in [-0.05, 0) is 44.0 Å². The van der Waals surface area contributed by atoms with E-state index >= 15 is 0 Å². The van der Waals surface area contributed by atoms with E-state index < -0.39 is 22.2 Å². The summed E-state index contributed by atoms with van der Waals surface area (Å²) in [6.45, 7) is 2.98. The summed E-state index contributed by atoms with van der Waals surface area (Å²) in [6.07, 6.45) is 3.36. The van der Waals surface area contributed by atoms with Crippen LogP contribution < -0.4 is 0 Å². The molecular formula is C17H15ClF2N4O2. The third kappa shape index (κ3) is 3.65. The summed E-state index contributed by atoms with van der Waals surface area (Å²) in [7, 11) is 0. The number of aromatic nitrogens is 2. The lowest BCUT2D eigenvalue weighted by atomic mass is 10.1. The lowest BCUT2D eigenvalue weighted by Crippen LogP contribution is -2.18. The molecule has 1 aromatic carbocycles. The van der Waals surface area contributed by atoms with Crippen molar-refractivity contribution in [2.45, 2.75) is 19.8 Å². The van der Waals surface area contributed by atoms with Crippen molar-refractivity contribution in [2.75, 3.05) is 13.1 Å². The Kier molecular flexibility index (Phi) is 5.13. The average molecular weight is 381 g/mol. The lowest BCUT2D eigenvalue weighted by molar-refractivity contribution is -0.385. The highest BCUT2D eigenvalue weighted by atomic mass is 35.5. The summed E-state index contributed by atoms with van der Waals surface area (Å²) >= 11 is 5.92. The Balaban J connectivity index is 2.19. The van der Waals surface area contributed by atoms with Gasteiger partial charge in [-0.1, -0.05) is 11.6 Å². The van der Waals surface area contributed by atoms with Crippen LogP contribution in [0.4, 0.5) is 14.5 Å². The van der Waals surface area contributed by atoms with Crippen LogP contribution in [-0.4, -0.2) is 32.9 Å². The summed E-state index contributed by atoms with van der Waals surface area (Å²) in [6, 6.07) is 3.53. The number of nitrogens with zero attached hydrogens (tertiary/aromatic N) is 4. The molecule has 1 aliphatic heterocycles. The number of likely N-dealkylation sites (tertiary alicyclic amines) is 1. The molecule has 0 atom stereocenters. The largest absolute Gasteiger partial charge is 0.371 e. The Labute approximate surface area is 153 Å². The molecule has 1 aliphatic rings. The predicted molar refractivity (Wildman–Crippen MR) is 93.5 cm³/mol. The van der Waals surface area contributed by atoms with E-state index in [9.17, 15) is 18.9 Å². The second kappa shape index (κ2) is 7.33. The summed E-state index contributed by atoms with van der Waals surface area (Å²) in [5.41, 5.74) is 0.543. The van der Waals surface area contributed by atoms with E-state index in [0.717, 1.165) is 25.0 Å². The van der Waals surface area contributed by atoms with E-state index in [0.29, 0.717) is 24.4 Å². The van der Waals surface area contributed by atoms with Crippen molar-refractivity contribution in [1.29, 1.82) is 0 Å². The topological polar surface area (TPSA) is 72.2 Å². The van der Waals surface area contributed by atoms with Crippen LogP contribution in [0.2, 0.25) is 5.15 Å².